The first-order valence-corrected chi connectivity index (χ1v) is 18.3. The third-order valence-electron chi connectivity index (χ3n) is 9.03. The Morgan fingerprint density at radius 1 is 1.00 bits per heavy atom. The van der Waals surface area contributed by atoms with Gasteiger partial charge in [0.1, 0.15) is 11.6 Å². The molecule has 4 aromatic rings. The van der Waals surface area contributed by atoms with E-state index in [0.717, 1.165) is 41.5 Å². The second-order valence-electron chi connectivity index (χ2n) is 14.2. The largest absolute Gasteiger partial charge is 0.378 e. The molecule has 0 spiro atoms. The van der Waals surface area contributed by atoms with Gasteiger partial charge in [0.25, 0.3) is 0 Å². The minimum atomic E-state index is -3.76. The number of ether oxygens (including phenoxy) is 1. The summed E-state index contributed by atoms with van der Waals surface area (Å²) in [6.45, 7) is 11.7. The van der Waals surface area contributed by atoms with E-state index >= 15 is 4.39 Å². The molecule has 1 aromatic heterocycles. The average molecular weight is 707 g/mol. The number of imidazole rings is 1. The number of aromatic nitrogens is 2. The first kappa shape index (κ1) is 35.6. The summed E-state index contributed by atoms with van der Waals surface area (Å²) < 4.78 is 65.3. The highest BCUT2D eigenvalue weighted by Gasteiger charge is 2.40. The van der Waals surface area contributed by atoms with E-state index in [1.807, 2.05) is 21.7 Å². The van der Waals surface area contributed by atoms with E-state index in [1.165, 1.54) is 18.2 Å². The summed E-state index contributed by atoms with van der Waals surface area (Å²) in [4.78, 5) is 22.9. The van der Waals surface area contributed by atoms with Gasteiger partial charge in [-0.15, -0.1) is 0 Å². The lowest BCUT2D eigenvalue weighted by Crippen LogP contribution is -2.40. The normalized spacial score (nSPS) is 18.8. The van der Waals surface area contributed by atoms with Gasteiger partial charge in [0, 0.05) is 68.3 Å². The first-order valence-electron chi connectivity index (χ1n) is 16.8. The fourth-order valence-electron chi connectivity index (χ4n) is 6.78. The highest BCUT2D eigenvalue weighted by molar-refractivity contribution is 7.89. The van der Waals surface area contributed by atoms with Crippen LogP contribution in [-0.2, 0) is 32.6 Å². The molecule has 3 heterocycles. The molecule has 2 atom stereocenters. The fraction of sp³-hybridized carbons (Fsp3) is 0.405. The SMILES string of the molecule is Cc1ccc(Cn2ccnc2NC(=O)[C@@H]2CN(Cc3cccc(S(=O)(=O)NC(C)(C)C)c3)C[C@H]2c2ccc(F)cc2F)c(N2CCOCC2)c1. The number of likely N-dealkylation sites (tertiary alicyclic amines) is 1. The Labute approximate surface area is 292 Å². The van der Waals surface area contributed by atoms with Gasteiger partial charge >= 0.3 is 0 Å². The van der Waals surface area contributed by atoms with Gasteiger partial charge in [0.2, 0.25) is 21.9 Å². The third kappa shape index (κ3) is 8.40. The Morgan fingerprint density at radius 3 is 2.52 bits per heavy atom. The lowest BCUT2D eigenvalue weighted by Gasteiger charge is -2.31. The number of benzene rings is 3. The molecular formula is C37H44F2N6O4S. The number of nitrogens with zero attached hydrogens (tertiary/aromatic N) is 4. The van der Waals surface area contributed by atoms with Gasteiger partial charge in [-0.2, -0.15) is 0 Å². The number of aryl methyl sites for hydroxylation is 1. The van der Waals surface area contributed by atoms with Crippen molar-refractivity contribution >= 4 is 27.6 Å². The average Bonchev–Trinajstić information content (AvgIpc) is 3.68. The van der Waals surface area contributed by atoms with Gasteiger partial charge in [-0.1, -0.05) is 30.3 Å². The maximum absolute atomic E-state index is 15.2. The van der Waals surface area contributed by atoms with Crippen LogP contribution in [0.5, 0.6) is 0 Å². The number of sulfonamides is 1. The van der Waals surface area contributed by atoms with Crippen LogP contribution >= 0.6 is 0 Å². The van der Waals surface area contributed by atoms with E-state index in [4.69, 9.17) is 4.74 Å². The summed E-state index contributed by atoms with van der Waals surface area (Å²) in [5, 5.41) is 3.00. The number of morpholine rings is 1. The molecule has 2 saturated heterocycles. The predicted molar refractivity (Wildman–Crippen MR) is 189 cm³/mol. The Morgan fingerprint density at radius 2 is 1.78 bits per heavy atom. The van der Waals surface area contributed by atoms with Crippen LogP contribution in [0.25, 0.3) is 0 Å². The van der Waals surface area contributed by atoms with Gasteiger partial charge in [0.15, 0.2) is 0 Å². The molecule has 10 nitrogen and oxygen atoms in total. The van der Waals surface area contributed by atoms with E-state index in [2.05, 4.69) is 45.0 Å². The Bertz CT molecular complexity index is 1960. The molecule has 0 aliphatic carbocycles. The van der Waals surface area contributed by atoms with Crippen LogP contribution in [0.4, 0.5) is 20.4 Å². The van der Waals surface area contributed by atoms with E-state index in [9.17, 15) is 17.6 Å². The number of amides is 1. The second kappa shape index (κ2) is 14.6. The van der Waals surface area contributed by atoms with Crippen molar-refractivity contribution in [3.63, 3.8) is 0 Å². The standard InChI is InChI=1S/C37H44F2N6O4S/c1-25-8-9-27(34(18-25)44-14-16-49-17-15-44)22-45-13-12-40-36(45)41-35(46)32-24-43(23-31(32)30-11-10-28(38)20-33(30)39)21-26-6-5-7-29(19-26)50(47,48)42-37(2,3)4/h5-13,18-20,31-32,42H,14-17,21-24H2,1-4H3,(H,40,41,46)/t31-,32+/m0/s1. The molecule has 2 aliphatic rings. The molecule has 50 heavy (non-hydrogen) atoms. The van der Waals surface area contributed by atoms with Crippen molar-refractivity contribution in [1.82, 2.24) is 19.2 Å². The van der Waals surface area contributed by atoms with E-state index in [0.29, 0.717) is 38.8 Å². The number of anilines is 2. The van der Waals surface area contributed by atoms with Crippen molar-refractivity contribution in [2.24, 2.45) is 5.92 Å². The second-order valence-corrected chi connectivity index (χ2v) is 15.9. The number of nitrogens with one attached hydrogen (secondary N) is 2. The van der Waals surface area contributed by atoms with Crippen LogP contribution in [-0.4, -0.2) is 73.7 Å². The van der Waals surface area contributed by atoms with Crippen molar-refractivity contribution in [3.05, 3.63) is 107 Å². The summed E-state index contributed by atoms with van der Waals surface area (Å²) >= 11 is 0. The van der Waals surface area contributed by atoms with Gasteiger partial charge in [0.05, 0.1) is 30.6 Å². The Kier molecular flexibility index (Phi) is 10.4. The zero-order chi connectivity index (χ0) is 35.6. The third-order valence-corrected chi connectivity index (χ3v) is 10.8. The number of hydrogen-bond acceptors (Lipinski definition) is 7. The number of carbonyl (C=O) groups excluding carboxylic acids is 1. The molecule has 266 valence electrons. The molecule has 2 N–H and O–H groups in total. The lowest BCUT2D eigenvalue weighted by atomic mass is 9.88. The summed E-state index contributed by atoms with van der Waals surface area (Å²) in [6.07, 6.45) is 3.44. The number of rotatable bonds is 10. The molecule has 0 bridgehead atoms. The molecule has 0 saturated carbocycles. The van der Waals surface area contributed by atoms with Gasteiger partial charge < -0.3 is 14.2 Å². The van der Waals surface area contributed by atoms with Crippen LogP contribution < -0.4 is 14.9 Å². The van der Waals surface area contributed by atoms with Crippen LogP contribution in [0.2, 0.25) is 0 Å². The molecule has 1 amide bonds. The summed E-state index contributed by atoms with van der Waals surface area (Å²) in [7, 11) is -3.76. The Balaban J connectivity index is 1.23. The monoisotopic (exact) mass is 706 g/mol. The molecular weight excluding hydrogens is 663 g/mol. The zero-order valence-corrected chi connectivity index (χ0v) is 29.6. The maximum atomic E-state index is 15.2. The van der Waals surface area contributed by atoms with Crippen LogP contribution in [0.15, 0.2) is 78.0 Å². The molecule has 2 aliphatic heterocycles. The number of carbonyl (C=O) groups is 1. The lowest BCUT2D eigenvalue weighted by molar-refractivity contribution is -0.120. The Hall–Kier alpha value is -4.17. The molecule has 3 aromatic carbocycles. The van der Waals surface area contributed by atoms with Crippen LogP contribution in [0.3, 0.4) is 0 Å². The van der Waals surface area contributed by atoms with Crippen molar-refractivity contribution in [3.8, 4) is 0 Å². The smallest absolute Gasteiger partial charge is 0.241 e. The minimum absolute atomic E-state index is 0.136. The summed E-state index contributed by atoms with van der Waals surface area (Å²) in [5.41, 5.74) is 3.66. The van der Waals surface area contributed by atoms with E-state index in [1.54, 1.807) is 39.1 Å². The van der Waals surface area contributed by atoms with Crippen molar-refractivity contribution in [1.29, 1.82) is 0 Å². The van der Waals surface area contributed by atoms with Crippen molar-refractivity contribution in [2.75, 3.05) is 49.6 Å². The zero-order valence-electron chi connectivity index (χ0n) is 28.8. The first-order chi connectivity index (χ1) is 23.8. The molecule has 0 unspecified atom stereocenters. The van der Waals surface area contributed by atoms with Crippen LogP contribution in [0.1, 0.15) is 48.9 Å². The molecule has 0 radical (unpaired) electrons. The minimum Gasteiger partial charge on any atom is -0.378 e. The van der Waals surface area contributed by atoms with Crippen molar-refractivity contribution < 1.29 is 26.7 Å². The van der Waals surface area contributed by atoms with Crippen molar-refractivity contribution in [2.45, 2.75) is 57.1 Å². The summed E-state index contributed by atoms with van der Waals surface area (Å²) in [6, 6.07) is 16.4. The predicted octanol–water partition coefficient (Wildman–Crippen LogP) is 5.29. The quantitative estimate of drug-likeness (QED) is 0.231. The number of hydrogen-bond donors (Lipinski definition) is 2. The van der Waals surface area contributed by atoms with Crippen LogP contribution in [0, 0.1) is 24.5 Å². The van der Waals surface area contributed by atoms with Gasteiger partial charge in [-0.25, -0.2) is 26.9 Å². The van der Waals surface area contributed by atoms with E-state index < -0.39 is 39.0 Å². The maximum Gasteiger partial charge on any atom is 0.241 e. The van der Waals surface area contributed by atoms with E-state index in [-0.39, 0.29) is 22.9 Å². The molecule has 2 fully saturated rings. The van der Waals surface area contributed by atoms with Gasteiger partial charge in [-0.05, 0) is 74.2 Å². The highest BCUT2D eigenvalue weighted by atomic mass is 32.2. The molecule has 6 rings (SSSR count). The number of halogens is 2. The molecule has 13 heteroatoms. The fourth-order valence-corrected chi connectivity index (χ4v) is 8.27. The van der Waals surface area contributed by atoms with Gasteiger partial charge in [-0.3, -0.25) is 15.0 Å². The summed E-state index contributed by atoms with van der Waals surface area (Å²) in [5.74, 6) is -2.66. The topological polar surface area (TPSA) is 109 Å². The highest BCUT2D eigenvalue weighted by Crippen LogP contribution is 2.36.